The molecule has 5 heteroatoms. The number of aromatic carboxylic acids is 1. The molecule has 18 heavy (non-hydrogen) atoms. The van der Waals surface area contributed by atoms with Crippen LogP contribution in [0.5, 0.6) is 11.5 Å². The van der Waals surface area contributed by atoms with Crippen molar-refractivity contribution in [1.29, 1.82) is 0 Å². The molecule has 0 unspecified atom stereocenters. The average Bonchev–Trinajstić information content (AvgIpc) is 2.35. The van der Waals surface area contributed by atoms with Gasteiger partial charge in [-0.3, -0.25) is 0 Å². The molecule has 0 aliphatic heterocycles. The molecule has 0 aromatic heterocycles. The maximum atomic E-state index is 13.6. The molecule has 2 rings (SSSR count). The summed E-state index contributed by atoms with van der Waals surface area (Å²) in [7, 11) is 0. The van der Waals surface area contributed by atoms with Crippen LogP contribution in [-0.2, 0) is 0 Å². The zero-order valence-corrected chi connectivity index (χ0v) is 9.82. The van der Waals surface area contributed by atoms with Crippen molar-refractivity contribution in [3.63, 3.8) is 0 Å². The molecular formula is C13H8ClFO3. The van der Waals surface area contributed by atoms with E-state index in [2.05, 4.69) is 0 Å². The van der Waals surface area contributed by atoms with Gasteiger partial charge < -0.3 is 9.84 Å². The maximum Gasteiger partial charge on any atom is 0.335 e. The first-order chi connectivity index (χ1) is 8.58. The normalized spacial score (nSPS) is 10.1. The Hall–Kier alpha value is -2.07. The number of carboxylic acid groups (broad SMARTS) is 1. The second-order valence-electron chi connectivity index (χ2n) is 3.49. The fourth-order valence-corrected chi connectivity index (χ4v) is 1.55. The van der Waals surface area contributed by atoms with Crippen molar-refractivity contribution in [3.8, 4) is 11.5 Å². The standard InChI is InChI=1S/C13H8ClFO3/c14-10-5-2-6-11(12(10)15)18-9-4-1-3-8(7-9)13(16)17/h1-7H,(H,16,17). The summed E-state index contributed by atoms with van der Waals surface area (Å²) in [6.45, 7) is 0. The molecule has 0 saturated carbocycles. The number of hydrogen-bond donors (Lipinski definition) is 1. The first kappa shape index (κ1) is 12.4. The first-order valence-electron chi connectivity index (χ1n) is 5.03. The van der Waals surface area contributed by atoms with E-state index in [-0.39, 0.29) is 22.1 Å². The van der Waals surface area contributed by atoms with Gasteiger partial charge in [-0.1, -0.05) is 23.7 Å². The molecule has 3 nitrogen and oxygen atoms in total. The highest BCUT2D eigenvalue weighted by atomic mass is 35.5. The van der Waals surface area contributed by atoms with Crippen molar-refractivity contribution < 1.29 is 19.0 Å². The van der Waals surface area contributed by atoms with Crippen molar-refractivity contribution in [2.24, 2.45) is 0 Å². The Morgan fingerprint density at radius 3 is 2.67 bits per heavy atom. The van der Waals surface area contributed by atoms with Crippen LogP contribution in [0, 0.1) is 5.82 Å². The quantitative estimate of drug-likeness (QED) is 0.914. The molecule has 0 fully saturated rings. The van der Waals surface area contributed by atoms with Crippen LogP contribution in [-0.4, -0.2) is 11.1 Å². The van der Waals surface area contributed by atoms with Crippen LogP contribution in [0.4, 0.5) is 4.39 Å². The van der Waals surface area contributed by atoms with Crippen LogP contribution in [0.25, 0.3) is 0 Å². The number of ether oxygens (including phenoxy) is 1. The molecular weight excluding hydrogens is 259 g/mol. The highest BCUT2D eigenvalue weighted by molar-refractivity contribution is 6.30. The predicted octanol–water partition coefficient (Wildman–Crippen LogP) is 3.97. The summed E-state index contributed by atoms with van der Waals surface area (Å²) in [5, 5.41) is 8.77. The number of carboxylic acids is 1. The van der Waals surface area contributed by atoms with Gasteiger partial charge in [-0.15, -0.1) is 0 Å². The van der Waals surface area contributed by atoms with Gasteiger partial charge in [0.05, 0.1) is 10.6 Å². The van der Waals surface area contributed by atoms with E-state index < -0.39 is 11.8 Å². The van der Waals surface area contributed by atoms with Gasteiger partial charge >= 0.3 is 5.97 Å². The topological polar surface area (TPSA) is 46.5 Å². The third-order valence-corrected chi connectivity index (χ3v) is 2.52. The molecule has 2 aromatic rings. The summed E-state index contributed by atoms with van der Waals surface area (Å²) >= 11 is 5.61. The minimum absolute atomic E-state index is 0.0509. The third kappa shape index (κ3) is 2.60. The fraction of sp³-hybridized carbons (Fsp3) is 0. The van der Waals surface area contributed by atoms with Gasteiger partial charge in [-0.25, -0.2) is 9.18 Å². The average molecular weight is 267 g/mol. The molecule has 0 spiro atoms. The molecule has 0 aliphatic rings. The lowest BCUT2D eigenvalue weighted by Gasteiger charge is -2.07. The van der Waals surface area contributed by atoms with Crippen molar-refractivity contribution in [2.45, 2.75) is 0 Å². The Labute approximate surface area is 107 Å². The molecule has 1 N–H and O–H groups in total. The van der Waals surface area contributed by atoms with Crippen molar-refractivity contribution in [3.05, 3.63) is 58.9 Å². The van der Waals surface area contributed by atoms with Crippen LogP contribution < -0.4 is 4.74 Å². The summed E-state index contributed by atoms with van der Waals surface area (Å²) in [5.74, 6) is -1.58. The van der Waals surface area contributed by atoms with E-state index in [9.17, 15) is 9.18 Å². The van der Waals surface area contributed by atoms with Gasteiger partial charge in [0.15, 0.2) is 11.6 Å². The number of carbonyl (C=O) groups is 1. The summed E-state index contributed by atoms with van der Waals surface area (Å²) in [5.41, 5.74) is 0.0648. The van der Waals surface area contributed by atoms with Crippen molar-refractivity contribution >= 4 is 17.6 Å². The molecule has 0 radical (unpaired) electrons. The lowest BCUT2D eigenvalue weighted by Crippen LogP contribution is -1.96. The van der Waals surface area contributed by atoms with E-state index >= 15 is 0 Å². The zero-order chi connectivity index (χ0) is 13.1. The van der Waals surface area contributed by atoms with E-state index in [4.69, 9.17) is 21.4 Å². The molecule has 0 saturated heterocycles. The summed E-state index contributed by atoms with van der Waals surface area (Å²) in [4.78, 5) is 10.8. The highest BCUT2D eigenvalue weighted by Gasteiger charge is 2.09. The van der Waals surface area contributed by atoms with Gasteiger partial charge in [0.25, 0.3) is 0 Å². The molecule has 92 valence electrons. The van der Waals surface area contributed by atoms with Crippen LogP contribution in [0.1, 0.15) is 10.4 Å². The molecule has 0 amide bonds. The van der Waals surface area contributed by atoms with E-state index in [0.717, 1.165) is 0 Å². The van der Waals surface area contributed by atoms with Crippen LogP contribution in [0.2, 0.25) is 5.02 Å². The molecule has 0 heterocycles. The van der Waals surface area contributed by atoms with Gasteiger partial charge in [-0.2, -0.15) is 0 Å². The first-order valence-corrected chi connectivity index (χ1v) is 5.41. The molecule has 0 atom stereocenters. The fourth-order valence-electron chi connectivity index (χ4n) is 1.38. The lowest BCUT2D eigenvalue weighted by molar-refractivity contribution is 0.0696. The van der Waals surface area contributed by atoms with Crippen LogP contribution in [0.3, 0.4) is 0 Å². The predicted molar refractivity (Wildman–Crippen MR) is 64.9 cm³/mol. The summed E-state index contributed by atoms with van der Waals surface area (Å²) < 4.78 is 18.8. The lowest BCUT2D eigenvalue weighted by atomic mass is 10.2. The Morgan fingerprint density at radius 2 is 1.94 bits per heavy atom. The largest absolute Gasteiger partial charge is 0.478 e. The number of benzene rings is 2. The minimum Gasteiger partial charge on any atom is -0.478 e. The second kappa shape index (κ2) is 5.06. The zero-order valence-electron chi connectivity index (χ0n) is 9.06. The van der Waals surface area contributed by atoms with E-state index in [1.165, 1.54) is 36.4 Å². The van der Waals surface area contributed by atoms with Crippen molar-refractivity contribution in [1.82, 2.24) is 0 Å². The second-order valence-corrected chi connectivity index (χ2v) is 3.89. The van der Waals surface area contributed by atoms with Crippen LogP contribution >= 0.6 is 11.6 Å². The monoisotopic (exact) mass is 266 g/mol. The van der Waals surface area contributed by atoms with Gasteiger partial charge in [-0.05, 0) is 30.3 Å². The Kier molecular flexibility index (Phi) is 3.48. The summed E-state index contributed by atoms with van der Waals surface area (Å²) in [6.07, 6.45) is 0. The number of halogens is 2. The number of hydrogen-bond acceptors (Lipinski definition) is 2. The maximum absolute atomic E-state index is 13.6. The summed E-state index contributed by atoms with van der Waals surface area (Å²) in [6, 6.07) is 10.1. The van der Waals surface area contributed by atoms with E-state index in [0.29, 0.717) is 0 Å². The molecule has 2 aromatic carbocycles. The Morgan fingerprint density at radius 1 is 1.22 bits per heavy atom. The van der Waals surface area contributed by atoms with Crippen LogP contribution in [0.15, 0.2) is 42.5 Å². The van der Waals surface area contributed by atoms with Gasteiger partial charge in [0.1, 0.15) is 5.75 Å². The van der Waals surface area contributed by atoms with E-state index in [1.54, 1.807) is 6.07 Å². The Balaban J connectivity index is 2.31. The smallest absolute Gasteiger partial charge is 0.335 e. The molecule has 0 bridgehead atoms. The molecule has 0 aliphatic carbocycles. The highest BCUT2D eigenvalue weighted by Crippen LogP contribution is 2.28. The van der Waals surface area contributed by atoms with E-state index in [1.807, 2.05) is 0 Å². The SMILES string of the molecule is O=C(O)c1cccc(Oc2cccc(Cl)c2F)c1. The van der Waals surface area contributed by atoms with Crippen molar-refractivity contribution in [2.75, 3.05) is 0 Å². The minimum atomic E-state index is -1.08. The van der Waals surface area contributed by atoms with Gasteiger partial charge in [0.2, 0.25) is 0 Å². The third-order valence-electron chi connectivity index (χ3n) is 2.22. The van der Waals surface area contributed by atoms with Gasteiger partial charge in [0, 0.05) is 0 Å². The number of rotatable bonds is 3. The Bertz CT molecular complexity index is 599.